The number of nitrogens with two attached hydrogens (primary N) is 1. The van der Waals surface area contributed by atoms with Crippen molar-refractivity contribution in [1.29, 1.82) is 0 Å². The zero-order chi connectivity index (χ0) is 23.4. The molecule has 0 radical (unpaired) electrons. The number of hydrogen-bond acceptors (Lipinski definition) is 7. The second kappa shape index (κ2) is 10.2. The molecule has 0 bridgehead atoms. The normalized spacial score (nSPS) is 18.4. The number of methoxy groups -OCH3 is 1. The van der Waals surface area contributed by atoms with Crippen molar-refractivity contribution in [3.8, 4) is 5.75 Å². The average molecular weight is 469 g/mol. The van der Waals surface area contributed by atoms with E-state index < -0.39 is 0 Å². The van der Waals surface area contributed by atoms with Gasteiger partial charge in [-0.25, -0.2) is 4.57 Å². The summed E-state index contributed by atoms with van der Waals surface area (Å²) >= 11 is 6.29. The molecule has 2 unspecified atom stereocenters. The molecule has 9 heteroatoms. The highest BCUT2D eigenvalue weighted by Gasteiger charge is 2.24. The Balaban J connectivity index is 1.45. The topological polar surface area (TPSA) is 93.1 Å². The number of pyridine rings is 1. The number of aryl methyl sites for hydroxylation is 1. The molecule has 2 atom stereocenters. The smallest absolute Gasteiger partial charge is 0.234 e. The van der Waals surface area contributed by atoms with Crippen LogP contribution in [0.4, 0.5) is 23.3 Å². The molecule has 2 heterocycles. The molecule has 0 amide bonds. The third kappa shape index (κ3) is 5.63. The fourth-order valence-corrected chi connectivity index (χ4v) is 4.52. The summed E-state index contributed by atoms with van der Waals surface area (Å²) in [5.41, 5.74) is 8.09. The number of ether oxygens (including phenoxy) is 1. The minimum atomic E-state index is 0.252. The maximum Gasteiger partial charge on any atom is 0.234 e. The summed E-state index contributed by atoms with van der Waals surface area (Å²) in [7, 11) is 5.55. The SMILES string of the molecule is COc1ccc(NC2CCCC(c3nc(N)nc(N(C)c4cc[n+](C)cc4)n3)CC2)cc1Cl. The van der Waals surface area contributed by atoms with E-state index in [4.69, 9.17) is 27.1 Å². The highest BCUT2D eigenvalue weighted by Crippen LogP contribution is 2.33. The molecule has 33 heavy (non-hydrogen) atoms. The van der Waals surface area contributed by atoms with Gasteiger partial charge in [-0.2, -0.15) is 15.0 Å². The van der Waals surface area contributed by atoms with Crippen LogP contribution in [0, 0.1) is 0 Å². The molecule has 1 aliphatic carbocycles. The number of hydrogen-bond donors (Lipinski definition) is 2. The Morgan fingerprint density at radius 1 is 1.09 bits per heavy atom. The number of nitrogen functional groups attached to an aromatic ring is 1. The minimum Gasteiger partial charge on any atom is -0.495 e. The van der Waals surface area contributed by atoms with Gasteiger partial charge >= 0.3 is 0 Å². The molecular formula is C24H31ClN7O+. The Hall–Kier alpha value is -3.13. The van der Waals surface area contributed by atoms with Crippen LogP contribution in [0.15, 0.2) is 42.7 Å². The predicted molar refractivity (Wildman–Crippen MR) is 131 cm³/mol. The van der Waals surface area contributed by atoms with Gasteiger partial charge in [0.05, 0.1) is 17.8 Å². The van der Waals surface area contributed by atoms with Gasteiger partial charge in [-0.1, -0.05) is 18.0 Å². The van der Waals surface area contributed by atoms with E-state index in [0.29, 0.717) is 22.8 Å². The standard InChI is InChI=1S/C24H31ClN7O/c1-31-13-11-19(12-14-31)32(2)24-29-22(28-23(26)30-24)16-5-4-6-17(8-7-16)27-18-9-10-21(33-3)20(25)15-18/h9-17,27H,4-8H2,1-3H3,(H2,26,28,29,30)/q+1. The zero-order valence-corrected chi connectivity index (χ0v) is 20.1. The first-order valence-electron chi connectivity index (χ1n) is 11.2. The van der Waals surface area contributed by atoms with Gasteiger partial charge in [0.2, 0.25) is 11.9 Å². The second-order valence-electron chi connectivity index (χ2n) is 8.53. The Kier molecular flexibility index (Phi) is 7.13. The van der Waals surface area contributed by atoms with Gasteiger partial charge in [0.15, 0.2) is 12.4 Å². The van der Waals surface area contributed by atoms with E-state index in [0.717, 1.165) is 49.3 Å². The number of aromatic nitrogens is 4. The van der Waals surface area contributed by atoms with Gasteiger partial charge in [0.1, 0.15) is 18.6 Å². The summed E-state index contributed by atoms with van der Waals surface area (Å²) in [6, 6.07) is 10.2. The first-order valence-corrected chi connectivity index (χ1v) is 11.6. The van der Waals surface area contributed by atoms with Gasteiger partial charge in [-0.15, -0.1) is 0 Å². The average Bonchev–Trinajstić information content (AvgIpc) is 3.04. The molecule has 0 saturated heterocycles. The number of benzene rings is 1. The highest BCUT2D eigenvalue weighted by molar-refractivity contribution is 6.32. The molecule has 1 saturated carbocycles. The largest absolute Gasteiger partial charge is 0.495 e. The van der Waals surface area contributed by atoms with E-state index in [-0.39, 0.29) is 11.9 Å². The Labute approximate surface area is 199 Å². The summed E-state index contributed by atoms with van der Waals surface area (Å²) in [5.74, 6) is 2.54. The van der Waals surface area contributed by atoms with Crippen LogP contribution in [0.1, 0.15) is 43.8 Å². The highest BCUT2D eigenvalue weighted by atomic mass is 35.5. The van der Waals surface area contributed by atoms with Gasteiger partial charge in [-0.3, -0.25) is 0 Å². The first kappa shape index (κ1) is 23.0. The van der Waals surface area contributed by atoms with Crippen LogP contribution in [-0.4, -0.2) is 35.2 Å². The number of anilines is 4. The lowest BCUT2D eigenvalue weighted by Gasteiger charge is -2.20. The zero-order valence-electron chi connectivity index (χ0n) is 19.3. The molecule has 2 aromatic heterocycles. The summed E-state index contributed by atoms with van der Waals surface area (Å²) in [6.45, 7) is 0. The van der Waals surface area contributed by atoms with Crippen molar-refractivity contribution in [3.05, 3.63) is 53.6 Å². The molecule has 4 rings (SSSR count). The molecular weight excluding hydrogens is 438 g/mol. The molecule has 1 aromatic carbocycles. The summed E-state index contributed by atoms with van der Waals surface area (Å²) in [6.07, 6.45) is 9.16. The summed E-state index contributed by atoms with van der Waals surface area (Å²) in [4.78, 5) is 15.6. The van der Waals surface area contributed by atoms with Crippen molar-refractivity contribution in [2.24, 2.45) is 7.05 Å². The van der Waals surface area contributed by atoms with E-state index in [1.54, 1.807) is 7.11 Å². The van der Waals surface area contributed by atoms with Crippen LogP contribution in [0.2, 0.25) is 5.02 Å². The Morgan fingerprint density at radius 3 is 2.61 bits per heavy atom. The van der Waals surface area contributed by atoms with E-state index in [1.165, 1.54) is 0 Å². The Bertz CT molecular complexity index is 1090. The van der Waals surface area contributed by atoms with Gasteiger partial charge in [-0.05, 0) is 43.9 Å². The molecule has 174 valence electrons. The summed E-state index contributed by atoms with van der Waals surface area (Å²) in [5, 5.41) is 4.23. The van der Waals surface area contributed by atoms with Crippen molar-refractivity contribution >= 4 is 34.9 Å². The quantitative estimate of drug-likeness (QED) is 0.413. The van der Waals surface area contributed by atoms with Crippen LogP contribution in [0.25, 0.3) is 0 Å². The number of nitrogens with zero attached hydrogens (tertiary/aromatic N) is 5. The fraction of sp³-hybridized carbons (Fsp3) is 0.417. The van der Waals surface area contributed by atoms with Gasteiger partial charge < -0.3 is 20.7 Å². The fourth-order valence-electron chi connectivity index (χ4n) is 4.26. The second-order valence-corrected chi connectivity index (χ2v) is 8.94. The third-order valence-corrected chi connectivity index (χ3v) is 6.46. The molecule has 1 aliphatic rings. The molecule has 3 aromatic rings. The van der Waals surface area contributed by atoms with Crippen LogP contribution in [0.5, 0.6) is 5.75 Å². The lowest BCUT2D eigenvalue weighted by Crippen LogP contribution is -2.27. The third-order valence-electron chi connectivity index (χ3n) is 6.16. The van der Waals surface area contributed by atoms with E-state index in [2.05, 4.69) is 15.3 Å². The van der Waals surface area contributed by atoms with E-state index in [9.17, 15) is 0 Å². The minimum absolute atomic E-state index is 0.252. The first-order chi connectivity index (χ1) is 15.9. The van der Waals surface area contributed by atoms with Crippen molar-refractivity contribution in [3.63, 3.8) is 0 Å². The molecule has 0 aliphatic heterocycles. The Morgan fingerprint density at radius 2 is 1.88 bits per heavy atom. The molecule has 8 nitrogen and oxygen atoms in total. The van der Waals surface area contributed by atoms with Crippen molar-refractivity contribution in [2.45, 2.75) is 44.1 Å². The van der Waals surface area contributed by atoms with Gasteiger partial charge in [0, 0.05) is 36.8 Å². The molecule has 3 N–H and O–H groups in total. The summed E-state index contributed by atoms with van der Waals surface area (Å²) < 4.78 is 7.24. The van der Waals surface area contributed by atoms with Crippen molar-refractivity contribution in [2.75, 3.05) is 30.1 Å². The van der Waals surface area contributed by atoms with Gasteiger partial charge in [0.25, 0.3) is 0 Å². The monoisotopic (exact) mass is 468 g/mol. The van der Waals surface area contributed by atoms with Crippen LogP contribution in [0.3, 0.4) is 0 Å². The molecule has 0 spiro atoms. The maximum atomic E-state index is 6.29. The lowest BCUT2D eigenvalue weighted by molar-refractivity contribution is -0.671. The number of nitrogens with one attached hydrogen (secondary N) is 1. The van der Waals surface area contributed by atoms with Crippen LogP contribution >= 0.6 is 11.6 Å². The predicted octanol–water partition coefficient (Wildman–Crippen LogP) is 4.24. The van der Waals surface area contributed by atoms with Crippen molar-refractivity contribution in [1.82, 2.24) is 15.0 Å². The lowest BCUT2D eigenvalue weighted by atomic mass is 9.99. The number of halogens is 1. The van der Waals surface area contributed by atoms with Crippen molar-refractivity contribution < 1.29 is 9.30 Å². The van der Waals surface area contributed by atoms with E-state index in [1.807, 2.05) is 66.3 Å². The maximum absolute atomic E-state index is 6.29. The van der Waals surface area contributed by atoms with Crippen LogP contribution in [-0.2, 0) is 7.05 Å². The van der Waals surface area contributed by atoms with E-state index >= 15 is 0 Å². The number of rotatable bonds is 6. The molecule has 1 fully saturated rings. The van der Waals surface area contributed by atoms with Crippen LogP contribution < -0.4 is 25.3 Å².